The van der Waals surface area contributed by atoms with E-state index in [4.69, 9.17) is 21.4 Å². The van der Waals surface area contributed by atoms with E-state index in [0.717, 1.165) is 10.8 Å². The number of halogens is 2. The molecule has 0 amide bonds. The minimum atomic E-state index is -0.974. The van der Waals surface area contributed by atoms with Crippen LogP contribution in [0.2, 0.25) is 5.02 Å². The molecular formula is C9H10BrClN2O5. The lowest BCUT2D eigenvalue weighted by Gasteiger charge is -2.16. The molecule has 0 aliphatic carbocycles. The van der Waals surface area contributed by atoms with Gasteiger partial charge in [-0.05, 0) is 0 Å². The summed E-state index contributed by atoms with van der Waals surface area (Å²) in [5.74, 6) is 0. The Kier molecular flexibility index (Phi) is 3.93. The monoisotopic (exact) mass is 340 g/mol. The second-order valence-electron chi connectivity index (χ2n) is 3.83. The van der Waals surface area contributed by atoms with Gasteiger partial charge in [0, 0.05) is 6.20 Å². The van der Waals surface area contributed by atoms with Gasteiger partial charge in [0.15, 0.2) is 6.23 Å². The molecule has 9 heteroatoms. The van der Waals surface area contributed by atoms with E-state index in [9.17, 15) is 14.7 Å². The van der Waals surface area contributed by atoms with Crippen LogP contribution >= 0.6 is 27.5 Å². The summed E-state index contributed by atoms with van der Waals surface area (Å²) >= 11 is 8.82. The Hall–Kier alpha value is -0.670. The van der Waals surface area contributed by atoms with Gasteiger partial charge in [0.1, 0.15) is 11.1 Å². The van der Waals surface area contributed by atoms with Gasteiger partial charge in [-0.15, -0.1) is 0 Å². The standard InChI is InChI=1S/C9H10BrClN2O5/c10-5-6(15)4(2-14)18-8(5)13-1-3(11)7(16)12-9(13)17/h1,4-6,8,14-15H,2H2,(H,12,16,17)/t4-,5+,6-,8-/m1/s1. The van der Waals surface area contributed by atoms with E-state index in [1.54, 1.807) is 0 Å². The number of aliphatic hydroxyl groups is 2. The number of aliphatic hydroxyl groups excluding tert-OH is 2. The largest absolute Gasteiger partial charge is 0.394 e. The molecule has 1 aliphatic rings. The average Bonchev–Trinajstić information content (AvgIpc) is 2.61. The highest BCUT2D eigenvalue weighted by Gasteiger charge is 2.43. The molecule has 0 bridgehead atoms. The summed E-state index contributed by atoms with van der Waals surface area (Å²) in [7, 11) is 0. The molecule has 0 unspecified atom stereocenters. The van der Waals surface area contributed by atoms with Gasteiger partial charge in [0.25, 0.3) is 5.56 Å². The van der Waals surface area contributed by atoms with E-state index in [1.165, 1.54) is 0 Å². The molecule has 1 aromatic heterocycles. The SMILES string of the molecule is O=c1[nH]c(=O)n([C@@H]2O[C@H](CO)[C@@H](O)[C@@H]2Br)cc1Cl. The maximum atomic E-state index is 11.6. The fraction of sp³-hybridized carbons (Fsp3) is 0.556. The van der Waals surface area contributed by atoms with Crippen LogP contribution in [0.15, 0.2) is 15.8 Å². The van der Waals surface area contributed by atoms with Crippen LogP contribution in [0.1, 0.15) is 6.23 Å². The molecule has 0 aromatic carbocycles. The highest BCUT2D eigenvalue weighted by molar-refractivity contribution is 9.09. The maximum absolute atomic E-state index is 11.6. The Labute approximate surface area is 114 Å². The van der Waals surface area contributed by atoms with Crippen LogP contribution in [0, 0.1) is 0 Å². The van der Waals surface area contributed by atoms with Crippen molar-refractivity contribution in [2.45, 2.75) is 23.3 Å². The third-order valence-electron chi connectivity index (χ3n) is 2.67. The van der Waals surface area contributed by atoms with Crippen molar-refractivity contribution in [1.29, 1.82) is 0 Å². The summed E-state index contributed by atoms with van der Waals surface area (Å²) < 4.78 is 6.39. The van der Waals surface area contributed by atoms with Gasteiger partial charge in [-0.25, -0.2) is 4.79 Å². The number of hydrogen-bond acceptors (Lipinski definition) is 5. The molecule has 4 atom stereocenters. The molecule has 0 radical (unpaired) electrons. The first-order chi connectivity index (χ1) is 8.45. The van der Waals surface area contributed by atoms with Crippen molar-refractivity contribution >= 4 is 27.5 Å². The fourth-order valence-electron chi connectivity index (χ4n) is 1.73. The predicted octanol–water partition coefficient (Wildman–Crippen LogP) is -0.796. The number of aromatic amines is 1. The quantitative estimate of drug-likeness (QED) is 0.611. The Morgan fingerprint density at radius 2 is 2.22 bits per heavy atom. The minimum Gasteiger partial charge on any atom is -0.394 e. The summed E-state index contributed by atoms with van der Waals surface area (Å²) in [4.78, 5) is 24.2. The topological polar surface area (TPSA) is 105 Å². The molecule has 1 aliphatic heterocycles. The summed E-state index contributed by atoms with van der Waals surface area (Å²) in [5.41, 5.74) is -1.40. The van der Waals surface area contributed by atoms with Crippen molar-refractivity contribution in [2.24, 2.45) is 0 Å². The molecule has 1 saturated heterocycles. The van der Waals surface area contributed by atoms with Crippen LogP contribution < -0.4 is 11.2 Å². The number of ether oxygens (including phenoxy) is 1. The van der Waals surface area contributed by atoms with E-state index in [-0.39, 0.29) is 11.6 Å². The average molecular weight is 342 g/mol. The number of H-pyrrole nitrogens is 1. The third kappa shape index (κ3) is 2.26. The molecule has 0 saturated carbocycles. The van der Waals surface area contributed by atoms with Crippen LogP contribution in [0.4, 0.5) is 0 Å². The second-order valence-corrected chi connectivity index (χ2v) is 5.29. The third-order valence-corrected chi connectivity index (χ3v) is 3.94. The first kappa shape index (κ1) is 13.8. The molecule has 100 valence electrons. The Balaban J connectivity index is 2.42. The molecule has 3 N–H and O–H groups in total. The van der Waals surface area contributed by atoms with Gasteiger partial charge < -0.3 is 14.9 Å². The molecular weight excluding hydrogens is 331 g/mol. The zero-order valence-corrected chi connectivity index (χ0v) is 11.3. The molecule has 0 spiro atoms. The van der Waals surface area contributed by atoms with Crippen molar-refractivity contribution in [3.8, 4) is 0 Å². The smallest absolute Gasteiger partial charge is 0.330 e. The van der Waals surface area contributed by atoms with E-state index >= 15 is 0 Å². The van der Waals surface area contributed by atoms with E-state index < -0.39 is 34.5 Å². The van der Waals surface area contributed by atoms with Gasteiger partial charge in [0.2, 0.25) is 0 Å². The lowest BCUT2D eigenvalue weighted by Crippen LogP contribution is -2.35. The number of rotatable bonds is 2. The van der Waals surface area contributed by atoms with Crippen molar-refractivity contribution in [2.75, 3.05) is 6.61 Å². The van der Waals surface area contributed by atoms with Gasteiger partial charge in [0.05, 0.1) is 17.5 Å². The number of hydrogen-bond donors (Lipinski definition) is 3. The van der Waals surface area contributed by atoms with E-state index in [2.05, 4.69) is 15.9 Å². The number of alkyl halides is 1. The van der Waals surface area contributed by atoms with Crippen LogP contribution in [0.5, 0.6) is 0 Å². The summed E-state index contributed by atoms with van der Waals surface area (Å²) in [6.07, 6.45) is -1.51. The van der Waals surface area contributed by atoms with Crippen molar-refractivity contribution < 1.29 is 14.9 Å². The highest BCUT2D eigenvalue weighted by atomic mass is 79.9. The number of nitrogens with one attached hydrogen (secondary N) is 1. The Morgan fingerprint density at radius 1 is 1.56 bits per heavy atom. The maximum Gasteiger partial charge on any atom is 0.330 e. The lowest BCUT2D eigenvalue weighted by molar-refractivity contribution is -0.0456. The molecule has 18 heavy (non-hydrogen) atoms. The van der Waals surface area contributed by atoms with Crippen LogP contribution in [-0.4, -0.2) is 43.4 Å². The molecule has 7 nitrogen and oxygen atoms in total. The lowest BCUT2D eigenvalue weighted by atomic mass is 10.2. The highest BCUT2D eigenvalue weighted by Crippen LogP contribution is 2.33. The zero-order valence-electron chi connectivity index (χ0n) is 8.92. The van der Waals surface area contributed by atoms with Crippen molar-refractivity contribution in [1.82, 2.24) is 9.55 Å². The molecule has 2 rings (SSSR count). The Bertz CT molecular complexity index is 559. The molecule has 1 fully saturated rings. The van der Waals surface area contributed by atoms with Gasteiger partial charge in [-0.2, -0.15) is 0 Å². The summed E-state index contributed by atoms with van der Waals surface area (Å²) in [5, 5.41) is 18.6. The number of nitrogens with zero attached hydrogens (tertiary/aromatic N) is 1. The van der Waals surface area contributed by atoms with E-state index in [1.807, 2.05) is 4.98 Å². The normalized spacial score (nSPS) is 31.8. The van der Waals surface area contributed by atoms with Crippen LogP contribution in [0.25, 0.3) is 0 Å². The Morgan fingerprint density at radius 3 is 2.78 bits per heavy atom. The van der Waals surface area contributed by atoms with Gasteiger partial charge >= 0.3 is 5.69 Å². The van der Waals surface area contributed by atoms with E-state index in [0.29, 0.717) is 0 Å². The number of aromatic nitrogens is 2. The first-order valence-corrected chi connectivity index (χ1v) is 6.34. The van der Waals surface area contributed by atoms with Crippen molar-refractivity contribution in [3.63, 3.8) is 0 Å². The summed E-state index contributed by atoms with van der Waals surface area (Å²) in [6, 6.07) is 0. The zero-order chi connectivity index (χ0) is 13.4. The van der Waals surface area contributed by atoms with Gasteiger partial charge in [-0.3, -0.25) is 14.3 Å². The fourth-order valence-corrected chi connectivity index (χ4v) is 2.60. The van der Waals surface area contributed by atoms with Gasteiger partial charge in [-0.1, -0.05) is 27.5 Å². The second kappa shape index (κ2) is 5.14. The van der Waals surface area contributed by atoms with Crippen LogP contribution in [-0.2, 0) is 4.74 Å². The predicted molar refractivity (Wildman–Crippen MR) is 66.1 cm³/mol. The first-order valence-electron chi connectivity index (χ1n) is 5.05. The minimum absolute atomic E-state index is 0.167. The molecule has 1 aromatic rings. The molecule has 2 heterocycles. The summed E-state index contributed by atoms with van der Waals surface area (Å²) in [6.45, 7) is -0.383. The van der Waals surface area contributed by atoms with Crippen LogP contribution in [0.3, 0.4) is 0 Å². The van der Waals surface area contributed by atoms with Crippen molar-refractivity contribution in [3.05, 3.63) is 32.1 Å².